The van der Waals surface area contributed by atoms with Crippen molar-refractivity contribution in [2.75, 3.05) is 5.32 Å². The summed E-state index contributed by atoms with van der Waals surface area (Å²) in [4.78, 5) is 16.9. The summed E-state index contributed by atoms with van der Waals surface area (Å²) in [6.07, 6.45) is 0.0967. The Morgan fingerprint density at radius 1 is 0.964 bits per heavy atom. The summed E-state index contributed by atoms with van der Waals surface area (Å²) in [7, 11) is 0. The zero-order chi connectivity index (χ0) is 19.5. The minimum Gasteiger partial charge on any atom is -0.491 e. The number of para-hydroxylation sites is 2. The predicted octanol–water partition coefficient (Wildman–Crippen LogP) is 5.53. The molecular weight excluding hydrogens is 352 g/mol. The van der Waals surface area contributed by atoms with Crippen molar-refractivity contribution in [2.45, 2.75) is 20.0 Å². The average Bonchev–Trinajstić information content (AvgIpc) is 3.13. The maximum absolute atomic E-state index is 12.4. The molecule has 0 aliphatic rings. The summed E-state index contributed by atoms with van der Waals surface area (Å²) in [5.41, 5.74) is 3.69. The molecule has 1 aromatic heterocycles. The zero-order valence-corrected chi connectivity index (χ0v) is 15.7. The molecule has 1 heterocycles. The van der Waals surface area contributed by atoms with Gasteiger partial charge >= 0.3 is 0 Å². The Hall–Kier alpha value is -3.60. The zero-order valence-electron chi connectivity index (χ0n) is 15.7. The van der Waals surface area contributed by atoms with E-state index in [1.165, 1.54) is 0 Å². The van der Waals surface area contributed by atoms with Crippen LogP contribution in [0.1, 0.15) is 24.2 Å². The third kappa shape index (κ3) is 3.88. The fourth-order valence-electron chi connectivity index (χ4n) is 2.85. The second kappa shape index (κ2) is 7.56. The van der Waals surface area contributed by atoms with Gasteiger partial charge in [-0.2, -0.15) is 0 Å². The lowest BCUT2D eigenvalue weighted by Crippen LogP contribution is -2.12. The number of hydrogen-bond donors (Lipinski definition) is 1. The Morgan fingerprint density at radius 2 is 1.68 bits per heavy atom. The first-order chi connectivity index (χ1) is 13.6. The summed E-state index contributed by atoms with van der Waals surface area (Å²) in [6.45, 7) is 3.93. The Morgan fingerprint density at radius 3 is 2.36 bits per heavy atom. The first-order valence-electron chi connectivity index (χ1n) is 9.12. The highest BCUT2D eigenvalue weighted by Crippen LogP contribution is 2.25. The third-order valence-corrected chi connectivity index (χ3v) is 4.17. The van der Waals surface area contributed by atoms with Crippen molar-refractivity contribution in [1.82, 2.24) is 4.98 Å². The van der Waals surface area contributed by atoms with Gasteiger partial charge in [-0.1, -0.05) is 12.1 Å². The number of nitrogens with zero attached hydrogens (tertiary/aromatic N) is 1. The standard InChI is InChI=1S/C23H20N2O3/c1-15(2)27-19-13-9-16(10-14-19)22(26)24-18-11-7-17(8-12-18)23-25-20-5-3-4-6-21(20)28-23/h3-15H,1-2H3,(H,24,26). The van der Waals surface area contributed by atoms with Crippen LogP contribution >= 0.6 is 0 Å². The number of anilines is 1. The van der Waals surface area contributed by atoms with E-state index in [0.29, 0.717) is 17.1 Å². The minimum absolute atomic E-state index is 0.0967. The van der Waals surface area contributed by atoms with Gasteiger partial charge in [0.15, 0.2) is 5.58 Å². The number of oxazole rings is 1. The molecule has 5 nitrogen and oxygen atoms in total. The Bertz CT molecular complexity index is 1060. The molecule has 4 aromatic rings. The molecule has 0 aliphatic heterocycles. The fraction of sp³-hybridized carbons (Fsp3) is 0.130. The molecule has 1 amide bonds. The van der Waals surface area contributed by atoms with E-state index in [-0.39, 0.29) is 12.0 Å². The molecule has 28 heavy (non-hydrogen) atoms. The molecule has 0 aliphatic carbocycles. The number of nitrogens with one attached hydrogen (secondary N) is 1. The number of amides is 1. The van der Waals surface area contributed by atoms with Crippen LogP contribution in [0.3, 0.4) is 0 Å². The van der Waals surface area contributed by atoms with Crippen molar-refractivity contribution in [2.24, 2.45) is 0 Å². The molecule has 0 saturated heterocycles. The second-order valence-electron chi connectivity index (χ2n) is 6.71. The predicted molar refractivity (Wildman–Crippen MR) is 110 cm³/mol. The number of carbonyl (C=O) groups excluding carboxylic acids is 1. The van der Waals surface area contributed by atoms with E-state index in [9.17, 15) is 4.79 Å². The van der Waals surface area contributed by atoms with Gasteiger partial charge in [0.2, 0.25) is 5.89 Å². The molecule has 0 radical (unpaired) electrons. The molecule has 1 N–H and O–H groups in total. The lowest BCUT2D eigenvalue weighted by Gasteiger charge is -2.10. The van der Waals surface area contributed by atoms with Crippen molar-refractivity contribution in [3.63, 3.8) is 0 Å². The van der Waals surface area contributed by atoms with E-state index in [0.717, 1.165) is 22.4 Å². The summed E-state index contributed by atoms with van der Waals surface area (Å²) in [5, 5.41) is 2.89. The highest BCUT2D eigenvalue weighted by molar-refractivity contribution is 6.04. The Labute approximate surface area is 163 Å². The molecule has 5 heteroatoms. The topological polar surface area (TPSA) is 64.4 Å². The van der Waals surface area contributed by atoms with Crippen molar-refractivity contribution in [1.29, 1.82) is 0 Å². The molecule has 0 atom stereocenters. The Balaban J connectivity index is 1.46. The van der Waals surface area contributed by atoms with Crippen molar-refractivity contribution < 1.29 is 13.9 Å². The van der Waals surface area contributed by atoms with Crippen molar-refractivity contribution in [3.05, 3.63) is 78.4 Å². The van der Waals surface area contributed by atoms with Gasteiger partial charge in [-0.15, -0.1) is 0 Å². The van der Waals surface area contributed by atoms with Crippen LogP contribution in [0.15, 0.2) is 77.2 Å². The lowest BCUT2D eigenvalue weighted by molar-refractivity contribution is 0.102. The van der Waals surface area contributed by atoms with Gasteiger partial charge in [0.25, 0.3) is 5.91 Å². The van der Waals surface area contributed by atoms with E-state index in [2.05, 4.69) is 10.3 Å². The van der Waals surface area contributed by atoms with Crippen molar-refractivity contribution >= 4 is 22.7 Å². The van der Waals surface area contributed by atoms with Crippen LogP contribution in [0, 0.1) is 0 Å². The first-order valence-corrected chi connectivity index (χ1v) is 9.12. The van der Waals surface area contributed by atoms with Crippen LogP contribution in [0.4, 0.5) is 5.69 Å². The van der Waals surface area contributed by atoms with E-state index in [4.69, 9.17) is 9.15 Å². The lowest BCUT2D eigenvalue weighted by atomic mass is 10.1. The molecule has 0 bridgehead atoms. The normalized spacial score (nSPS) is 11.0. The SMILES string of the molecule is CC(C)Oc1ccc(C(=O)Nc2ccc(-c3nc4ccccc4o3)cc2)cc1. The minimum atomic E-state index is -0.175. The van der Waals surface area contributed by atoms with Crippen LogP contribution in [0.5, 0.6) is 5.75 Å². The van der Waals surface area contributed by atoms with Gasteiger partial charge in [-0.05, 0) is 74.5 Å². The largest absolute Gasteiger partial charge is 0.491 e. The van der Waals surface area contributed by atoms with Gasteiger partial charge in [0, 0.05) is 16.8 Å². The molecule has 4 rings (SSSR count). The smallest absolute Gasteiger partial charge is 0.255 e. The summed E-state index contributed by atoms with van der Waals surface area (Å²) >= 11 is 0. The Kier molecular flexibility index (Phi) is 4.81. The number of fused-ring (bicyclic) bond motifs is 1. The monoisotopic (exact) mass is 372 g/mol. The van der Waals surface area contributed by atoms with E-state index in [1.54, 1.807) is 24.3 Å². The van der Waals surface area contributed by atoms with Crippen LogP contribution in [0.2, 0.25) is 0 Å². The van der Waals surface area contributed by atoms with Crippen LogP contribution in [0.25, 0.3) is 22.6 Å². The maximum Gasteiger partial charge on any atom is 0.255 e. The molecular formula is C23H20N2O3. The van der Waals surface area contributed by atoms with E-state index >= 15 is 0 Å². The first kappa shape index (κ1) is 17.8. The summed E-state index contributed by atoms with van der Waals surface area (Å²) in [5.74, 6) is 1.12. The van der Waals surface area contributed by atoms with Gasteiger partial charge < -0.3 is 14.5 Å². The molecule has 0 unspecified atom stereocenters. The van der Waals surface area contributed by atoms with Gasteiger partial charge in [-0.3, -0.25) is 4.79 Å². The number of rotatable bonds is 5. The highest BCUT2D eigenvalue weighted by Gasteiger charge is 2.10. The van der Waals surface area contributed by atoms with Gasteiger partial charge in [-0.25, -0.2) is 4.98 Å². The third-order valence-electron chi connectivity index (χ3n) is 4.17. The van der Waals surface area contributed by atoms with Crippen LogP contribution in [-0.2, 0) is 0 Å². The molecule has 140 valence electrons. The average molecular weight is 372 g/mol. The fourth-order valence-corrected chi connectivity index (χ4v) is 2.85. The number of carbonyl (C=O) groups is 1. The molecule has 3 aromatic carbocycles. The maximum atomic E-state index is 12.4. The number of hydrogen-bond acceptors (Lipinski definition) is 4. The van der Waals surface area contributed by atoms with Crippen LogP contribution < -0.4 is 10.1 Å². The summed E-state index contributed by atoms with van der Waals surface area (Å²) in [6, 6.07) is 22.1. The number of ether oxygens (including phenoxy) is 1. The van der Waals surface area contributed by atoms with Gasteiger partial charge in [0.1, 0.15) is 11.3 Å². The molecule has 0 fully saturated rings. The quantitative estimate of drug-likeness (QED) is 0.500. The highest BCUT2D eigenvalue weighted by atomic mass is 16.5. The summed E-state index contributed by atoms with van der Waals surface area (Å²) < 4.78 is 11.4. The van der Waals surface area contributed by atoms with E-state index < -0.39 is 0 Å². The van der Waals surface area contributed by atoms with Gasteiger partial charge in [0.05, 0.1) is 6.10 Å². The second-order valence-corrected chi connectivity index (χ2v) is 6.71. The number of benzene rings is 3. The van der Waals surface area contributed by atoms with Crippen LogP contribution in [-0.4, -0.2) is 17.0 Å². The molecule has 0 saturated carbocycles. The van der Waals surface area contributed by atoms with Crippen molar-refractivity contribution in [3.8, 4) is 17.2 Å². The number of aromatic nitrogens is 1. The van der Waals surface area contributed by atoms with E-state index in [1.807, 2.05) is 62.4 Å². The molecule has 0 spiro atoms.